The van der Waals surface area contributed by atoms with E-state index < -0.39 is 5.82 Å². The standard InChI is InChI=1S/C9H8FNO/c10-8-1-2-9-6(3-4-11-9)7(8)5-12/h1-2,5,11H,3-4H2. The molecule has 0 saturated heterocycles. The topological polar surface area (TPSA) is 29.1 Å². The van der Waals surface area contributed by atoms with Gasteiger partial charge in [-0.2, -0.15) is 0 Å². The van der Waals surface area contributed by atoms with Crippen molar-refractivity contribution in [1.29, 1.82) is 0 Å². The number of fused-ring (bicyclic) bond motifs is 1. The summed E-state index contributed by atoms with van der Waals surface area (Å²) < 4.78 is 13.0. The van der Waals surface area contributed by atoms with Gasteiger partial charge in [0.25, 0.3) is 0 Å². The number of carbonyl (C=O) groups excluding carboxylic acids is 1. The number of carbonyl (C=O) groups is 1. The first kappa shape index (κ1) is 7.28. The van der Waals surface area contributed by atoms with Crippen LogP contribution in [0.1, 0.15) is 15.9 Å². The monoisotopic (exact) mass is 165 g/mol. The second kappa shape index (κ2) is 2.59. The lowest BCUT2D eigenvalue weighted by Crippen LogP contribution is -1.93. The fourth-order valence-corrected chi connectivity index (χ4v) is 1.52. The van der Waals surface area contributed by atoms with Gasteiger partial charge < -0.3 is 5.32 Å². The Morgan fingerprint density at radius 1 is 1.50 bits per heavy atom. The van der Waals surface area contributed by atoms with E-state index in [1.807, 2.05) is 0 Å². The van der Waals surface area contributed by atoms with Gasteiger partial charge in [0.05, 0.1) is 5.56 Å². The van der Waals surface area contributed by atoms with Crippen LogP contribution in [0, 0.1) is 5.82 Å². The average molecular weight is 165 g/mol. The Morgan fingerprint density at radius 3 is 3.08 bits per heavy atom. The van der Waals surface area contributed by atoms with Crippen LogP contribution >= 0.6 is 0 Å². The molecule has 62 valence electrons. The first-order chi connectivity index (χ1) is 5.83. The molecule has 3 heteroatoms. The summed E-state index contributed by atoms with van der Waals surface area (Å²) in [6, 6.07) is 2.99. The van der Waals surface area contributed by atoms with Crippen LogP contribution in [0.3, 0.4) is 0 Å². The van der Waals surface area contributed by atoms with Gasteiger partial charge in [-0.15, -0.1) is 0 Å². The van der Waals surface area contributed by atoms with E-state index in [0.29, 0.717) is 6.29 Å². The summed E-state index contributed by atoms with van der Waals surface area (Å²) in [6.07, 6.45) is 1.32. The van der Waals surface area contributed by atoms with Gasteiger partial charge in [0, 0.05) is 12.2 Å². The molecular weight excluding hydrogens is 157 g/mol. The fraction of sp³-hybridized carbons (Fsp3) is 0.222. The maximum absolute atomic E-state index is 13.0. The number of anilines is 1. The van der Waals surface area contributed by atoms with Gasteiger partial charge in [-0.3, -0.25) is 4.79 Å². The lowest BCUT2D eigenvalue weighted by atomic mass is 10.1. The smallest absolute Gasteiger partial charge is 0.153 e. The van der Waals surface area contributed by atoms with Crippen LogP contribution in [0.2, 0.25) is 0 Å². The summed E-state index contributed by atoms with van der Waals surface area (Å²) in [7, 11) is 0. The molecular formula is C9H8FNO. The SMILES string of the molecule is O=Cc1c(F)ccc2c1CCN2. The van der Waals surface area contributed by atoms with Crippen LogP contribution in [0.15, 0.2) is 12.1 Å². The van der Waals surface area contributed by atoms with Crippen LogP contribution in [0.5, 0.6) is 0 Å². The van der Waals surface area contributed by atoms with Gasteiger partial charge in [-0.25, -0.2) is 4.39 Å². The lowest BCUT2D eigenvalue weighted by molar-refractivity contribution is 0.111. The van der Waals surface area contributed by atoms with Crippen LogP contribution in [0.25, 0.3) is 0 Å². The molecule has 0 spiro atoms. The van der Waals surface area contributed by atoms with E-state index in [1.54, 1.807) is 6.07 Å². The Hall–Kier alpha value is -1.38. The van der Waals surface area contributed by atoms with E-state index in [9.17, 15) is 9.18 Å². The zero-order chi connectivity index (χ0) is 8.55. The molecule has 1 N–H and O–H groups in total. The summed E-state index contributed by atoms with van der Waals surface area (Å²) in [5.74, 6) is -0.424. The first-order valence-corrected chi connectivity index (χ1v) is 3.83. The fourth-order valence-electron chi connectivity index (χ4n) is 1.52. The number of benzene rings is 1. The molecule has 0 fully saturated rings. The van der Waals surface area contributed by atoms with Gasteiger partial charge >= 0.3 is 0 Å². The van der Waals surface area contributed by atoms with Crippen LogP contribution < -0.4 is 5.32 Å². The Morgan fingerprint density at radius 2 is 2.33 bits per heavy atom. The highest BCUT2D eigenvalue weighted by atomic mass is 19.1. The maximum Gasteiger partial charge on any atom is 0.153 e. The molecule has 1 aromatic carbocycles. The molecule has 1 aliphatic heterocycles. The van der Waals surface area contributed by atoms with Crippen molar-refractivity contribution >= 4 is 12.0 Å². The van der Waals surface area contributed by atoms with Gasteiger partial charge in [0.15, 0.2) is 6.29 Å². The van der Waals surface area contributed by atoms with Gasteiger partial charge in [0.2, 0.25) is 0 Å². The summed E-state index contributed by atoms with van der Waals surface area (Å²) in [5.41, 5.74) is 1.90. The van der Waals surface area contributed by atoms with E-state index in [2.05, 4.69) is 5.32 Å². The van der Waals surface area contributed by atoms with Crippen molar-refractivity contribution in [3.05, 3.63) is 29.1 Å². The van der Waals surface area contributed by atoms with Crippen molar-refractivity contribution in [3.63, 3.8) is 0 Å². The second-order valence-corrected chi connectivity index (χ2v) is 2.78. The summed E-state index contributed by atoms with van der Waals surface area (Å²) in [4.78, 5) is 10.5. The molecule has 0 amide bonds. The quantitative estimate of drug-likeness (QED) is 0.640. The highest BCUT2D eigenvalue weighted by Gasteiger charge is 2.16. The Labute approximate surface area is 69.4 Å². The molecule has 0 aliphatic carbocycles. The third kappa shape index (κ3) is 0.897. The molecule has 2 rings (SSSR count). The predicted octanol–water partition coefficient (Wildman–Crippen LogP) is 1.61. The summed E-state index contributed by atoms with van der Waals surface area (Å²) in [6.45, 7) is 0.791. The minimum absolute atomic E-state index is 0.206. The van der Waals surface area contributed by atoms with Gasteiger partial charge in [-0.05, 0) is 24.1 Å². The minimum atomic E-state index is -0.424. The summed E-state index contributed by atoms with van der Waals surface area (Å²) in [5, 5.41) is 3.08. The van der Waals surface area contributed by atoms with Crippen LogP contribution in [0.4, 0.5) is 10.1 Å². The normalized spacial score (nSPS) is 13.8. The average Bonchev–Trinajstić information content (AvgIpc) is 2.52. The van der Waals surface area contributed by atoms with Crippen molar-refractivity contribution in [3.8, 4) is 0 Å². The zero-order valence-corrected chi connectivity index (χ0v) is 6.43. The number of hydrogen-bond acceptors (Lipinski definition) is 2. The van der Waals surface area contributed by atoms with Crippen molar-refractivity contribution in [2.75, 3.05) is 11.9 Å². The van der Waals surface area contributed by atoms with E-state index in [1.165, 1.54) is 6.07 Å². The summed E-state index contributed by atoms with van der Waals surface area (Å²) >= 11 is 0. The van der Waals surface area contributed by atoms with Crippen LogP contribution in [-0.2, 0) is 6.42 Å². The van der Waals surface area contributed by atoms with Crippen molar-refractivity contribution in [2.24, 2.45) is 0 Å². The Balaban J connectivity index is 2.65. The molecule has 1 aliphatic rings. The molecule has 0 atom stereocenters. The molecule has 2 nitrogen and oxygen atoms in total. The van der Waals surface area contributed by atoms with E-state index in [-0.39, 0.29) is 5.56 Å². The number of hydrogen-bond donors (Lipinski definition) is 1. The van der Waals surface area contributed by atoms with Crippen molar-refractivity contribution < 1.29 is 9.18 Å². The third-order valence-corrected chi connectivity index (χ3v) is 2.11. The van der Waals surface area contributed by atoms with E-state index in [4.69, 9.17) is 0 Å². The molecule has 1 aromatic rings. The number of rotatable bonds is 1. The number of aldehydes is 1. The molecule has 12 heavy (non-hydrogen) atoms. The van der Waals surface area contributed by atoms with Crippen molar-refractivity contribution in [2.45, 2.75) is 6.42 Å². The van der Waals surface area contributed by atoms with E-state index in [0.717, 1.165) is 24.2 Å². The van der Waals surface area contributed by atoms with E-state index >= 15 is 0 Å². The molecule has 0 radical (unpaired) electrons. The highest BCUT2D eigenvalue weighted by molar-refractivity contribution is 5.82. The number of nitrogens with one attached hydrogen (secondary N) is 1. The molecule has 1 heterocycles. The molecule has 0 unspecified atom stereocenters. The predicted molar refractivity (Wildman–Crippen MR) is 44.0 cm³/mol. The third-order valence-electron chi connectivity index (χ3n) is 2.11. The molecule has 0 bridgehead atoms. The van der Waals surface area contributed by atoms with Gasteiger partial charge in [0.1, 0.15) is 5.82 Å². The molecule has 0 saturated carbocycles. The Kier molecular flexibility index (Phi) is 1.57. The van der Waals surface area contributed by atoms with Crippen molar-refractivity contribution in [1.82, 2.24) is 0 Å². The lowest BCUT2D eigenvalue weighted by Gasteiger charge is -2.02. The largest absolute Gasteiger partial charge is 0.384 e. The number of halogens is 1. The minimum Gasteiger partial charge on any atom is -0.384 e. The first-order valence-electron chi connectivity index (χ1n) is 3.83. The molecule has 0 aromatic heterocycles. The highest BCUT2D eigenvalue weighted by Crippen LogP contribution is 2.26. The second-order valence-electron chi connectivity index (χ2n) is 2.78. The Bertz CT molecular complexity index is 336. The van der Waals surface area contributed by atoms with Gasteiger partial charge in [-0.1, -0.05) is 0 Å². The zero-order valence-electron chi connectivity index (χ0n) is 6.43. The van der Waals surface area contributed by atoms with Crippen LogP contribution in [-0.4, -0.2) is 12.8 Å². The maximum atomic E-state index is 13.0.